The van der Waals surface area contributed by atoms with Crippen LogP contribution in [0.4, 0.5) is 5.82 Å². The number of nitrogens with zero attached hydrogens (tertiary/aromatic N) is 4. The molecule has 0 unspecified atom stereocenters. The molecule has 0 aliphatic heterocycles. The number of anilines is 1. The molecule has 0 fully saturated rings. The van der Waals surface area contributed by atoms with Crippen molar-refractivity contribution < 1.29 is 0 Å². The van der Waals surface area contributed by atoms with E-state index in [1.165, 1.54) is 5.56 Å². The number of rotatable bonds is 4. The average molecular weight is 315 g/mol. The lowest BCUT2D eigenvalue weighted by molar-refractivity contribution is 0.861. The van der Waals surface area contributed by atoms with Gasteiger partial charge in [-0.15, -0.1) is 0 Å². The Labute approximate surface area is 140 Å². The van der Waals surface area contributed by atoms with Crippen molar-refractivity contribution in [2.45, 2.75) is 13.0 Å². The molecular weight excluding hydrogens is 298 g/mol. The summed E-state index contributed by atoms with van der Waals surface area (Å²) in [6, 6.07) is 18.4. The standard InChI is InChI=1S/C19H17N5/c1-14(15-7-3-2-4-8-15)23-18-19(21-12-11-20-18)24-13-22-16-9-5-6-10-17(16)24/h2-14H,1H3,(H,20,23)/t14-/m1/s1. The summed E-state index contributed by atoms with van der Waals surface area (Å²) in [4.78, 5) is 13.4. The summed E-state index contributed by atoms with van der Waals surface area (Å²) in [6.07, 6.45) is 5.18. The maximum Gasteiger partial charge on any atom is 0.181 e. The Bertz CT molecular complexity index is 962. The second kappa shape index (κ2) is 6.12. The van der Waals surface area contributed by atoms with Crippen LogP contribution in [0.25, 0.3) is 16.9 Å². The van der Waals surface area contributed by atoms with E-state index in [1.807, 2.05) is 47.0 Å². The third kappa shape index (κ3) is 2.60. The molecule has 0 aliphatic rings. The van der Waals surface area contributed by atoms with Crippen LogP contribution >= 0.6 is 0 Å². The summed E-state index contributed by atoms with van der Waals surface area (Å²) in [7, 11) is 0. The molecule has 0 saturated carbocycles. The van der Waals surface area contributed by atoms with Gasteiger partial charge in [-0.25, -0.2) is 15.0 Å². The minimum atomic E-state index is 0.122. The highest BCUT2D eigenvalue weighted by Gasteiger charge is 2.13. The van der Waals surface area contributed by atoms with E-state index in [1.54, 1.807) is 18.7 Å². The van der Waals surface area contributed by atoms with Gasteiger partial charge in [-0.3, -0.25) is 4.57 Å². The molecular formula is C19H17N5. The van der Waals surface area contributed by atoms with Crippen LogP contribution < -0.4 is 5.32 Å². The average Bonchev–Trinajstić information content (AvgIpc) is 3.07. The normalized spacial score (nSPS) is 12.2. The predicted octanol–water partition coefficient (Wildman–Crippen LogP) is 3.99. The Morgan fingerprint density at radius 1 is 0.875 bits per heavy atom. The van der Waals surface area contributed by atoms with E-state index in [0.29, 0.717) is 0 Å². The molecule has 0 amide bonds. The molecule has 0 radical (unpaired) electrons. The molecule has 0 bridgehead atoms. The zero-order valence-electron chi connectivity index (χ0n) is 13.3. The summed E-state index contributed by atoms with van der Waals surface area (Å²) in [5.74, 6) is 1.48. The lowest BCUT2D eigenvalue weighted by atomic mass is 10.1. The van der Waals surface area contributed by atoms with Gasteiger partial charge in [-0.05, 0) is 24.6 Å². The van der Waals surface area contributed by atoms with Gasteiger partial charge in [0, 0.05) is 12.4 Å². The van der Waals surface area contributed by atoms with Gasteiger partial charge in [-0.1, -0.05) is 42.5 Å². The van der Waals surface area contributed by atoms with Crippen molar-refractivity contribution in [2.24, 2.45) is 0 Å². The quantitative estimate of drug-likeness (QED) is 0.619. The number of para-hydroxylation sites is 2. The van der Waals surface area contributed by atoms with E-state index >= 15 is 0 Å². The number of benzene rings is 2. The van der Waals surface area contributed by atoms with E-state index in [4.69, 9.17) is 0 Å². The molecule has 4 aromatic rings. The topological polar surface area (TPSA) is 55.6 Å². The third-order valence-corrected chi connectivity index (χ3v) is 4.01. The van der Waals surface area contributed by atoms with Crippen LogP contribution in [-0.2, 0) is 0 Å². The Hall–Kier alpha value is -3.21. The summed E-state index contributed by atoms with van der Waals surface area (Å²) in [6.45, 7) is 2.11. The van der Waals surface area contributed by atoms with E-state index in [-0.39, 0.29) is 6.04 Å². The summed E-state index contributed by atoms with van der Waals surface area (Å²) in [5.41, 5.74) is 3.14. The second-order valence-electron chi connectivity index (χ2n) is 5.61. The summed E-state index contributed by atoms with van der Waals surface area (Å²) < 4.78 is 1.96. The van der Waals surface area contributed by atoms with Gasteiger partial charge in [-0.2, -0.15) is 0 Å². The highest BCUT2D eigenvalue weighted by molar-refractivity contribution is 5.78. The number of hydrogen-bond acceptors (Lipinski definition) is 4. The van der Waals surface area contributed by atoms with E-state index < -0.39 is 0 Å². The van der Waals surface area contributed by atoms with Crippen LogP contribution in [0.2, 0.25) is 0 Å². The molecule has 5 heteroatoms. The lowest BCUT2D eigenvalue weighted by Gasteiger charge is -2.17. The molecule has 0 saturated heterocycles. The first-order valence-corrected chi connectivity index (χ1v) is 7.88. The molecule has 4 rings (SSSR count). The summed E-state index contributed by atoms with van der Waals surface area (Å²) in [5, 5.41) is 3.46. The fraction of sp³-hybridized carbons (Fsp3) is 0.105. The van der Waals surface area contributed by atoms with Crippen molar-refractivity contribution in [2.75, 3.05) is 5.32 Å². The van der Waals surface area contributed by atoms with Gasteiger partial charge in [0.2, 0.25) is 0 Å². The van der Waals surface area contributed by atoms with Crippen molar-refractivity contribution >= 4 is 16.9 Å². The van der Waals surface area contributed by atoms with Crippen molar-refractivity contribution in [3.8, 4) is 5.82 Å². The number of aromatic nitrogens is 4. The van der Waals surface area contributed by atoms with E-state index in [9.17, 15) is 0 Å². The largest absolute Gasteiger partial charge is 0.360 e. The Balaban J connectivity index is 1.73. The third-order valence-electron chi connectivity index (χ3n) is 4.01. The zero-order chi connectivity index (χ0) is 16.4. The van der Waals surface area contributed by atoms with Crippen molar-refractivity contribution in [3.63, 3.8) is 0 Å². The number of imidazole rings is 1. The highest BCUT2D eigenvalue weighted by Crippen LogP contribution is 2.24. The molecule has 2 heterocycles. The van der Waals surface area contributed by atoms with Crippen molar-refractivity contribution in [1.29, 1.82) is 0 Å². The van der Waals surface area contributed by atoms with Crippen LogP contribution in [-0.4, -0.2) is 19.5 Å². The molecule has 24 heavy (non-hydrogen) atoms. The minimum Gasteiger partial charge on any atom is -0.360 e. The number of hydrogen-bond donors (Lipinski definition) is 1. The first kappa shape index (κ1) is 14.4. The van der Waals surface area contributed by atoms with Gasteiger partial charge in [0.1, 0.15) is 6.33 Å². The molecule has 5 nitrogen and oxygen atoms in total. The van der Waals surface area contributed by atoms with Crippen molar-refractivity contribution in [3.05, 3.63) is 78.9 Å². The number of nitrogens with one attached hydrogen (secondary N) is 1. The Kier molecular flexibility index (Phi) is 3.67. The van der Waals surface area contributed by atoms with Crippen LogP contribution in [0.5, 0.6) is 0 Å². The van der Waals surface area contributed by atoms with Crippen LogP contribution in [0, 0.1) is 0 Å². The molecule has 2 aromatic heterocycles. The van der Waals surface area contributed by atoms with Gasteiger partial charge >= 0.3 is 0 Å². The second-order valence-corrected chi connectivity index (χ2v) is 5.61. The van der Waals surface area contributed by atoms with Gasteiger partial charge in [0.25, 0.3) is 0 Å². The SMILES string of the molecule is C[C@@H](Nc1nccnc1-n1cnc2ccccc21)c1ccccc1. The maximum absolute atomic E-state index is 4.52. The first-order valence-electron chi connectivity index (χ1n) is 7.88. The Morgan fingerprint density at radius 2 is 1.62 bits per heavy atom. The smallest absolute Gasteiger partial charge is 0.181 e. The predicted molar refractivity (Wildman–Crippen MR) is 95.1 cm³/mol. The van der Waals surface area contributed by atoms with Crippen molar-refractivity contribution in [1.82, 2.24) is 19.5 Å². The van der Waals surface area contributed by atoms with Gasteiger partial charge < -0.3 is 5.32 Å². The summed E-state index contributed by atoms with van der Waals surface area (Å²) >= 11 is 0. The van der Waals surface area contributed by atoms with E-state index in [0.717, 1.165) is 22.7 Å². The highest BCUT2D eigenvalue weighted by atomic mass is 15.2. The zero-order valence-corrected chi connectivity index (χ0v) is 13.3. The van der Waals surface area contributed by atoms with Gasteiger partial charge in [0.15, 0.2) is 11.6 Å². The van der Waals surface area contributed by atoms with Crippen LogP contribution in [0.15, 0.2) is 73.3 Å². The fourth-order valence-electron chi connectivity index (χ4n) is 2.77. The molecule has 0 aliphatic carbocycles. The van der Waals surface area contributed by atoms with Crippen LogP contribution in [0.3, 0.4) is 0 Å². The minimum absolute atomic E-state index is 0.122. The van der Waals surface area contributed by atoms with Gasteiger partial charge in [0.05, 0.1) is 17.1 Å². The Morgan fingerprint density at radius 3 is 2.50 bits per heavy atom. The van der Waals surface area contributed by atoms with Crippen LogP contribution in [0.1, 0.15) is 18.5 Å². The number of fused-ring (bicyclic) bond motifs is 1. The monoisotopic (exact) mass is 315 g/mol. The van der Waals surface area contributed by atoms with E-state index in [2.05, 4.69) is 39.3 Å². The lowest BCUT2D eigenvalue weighted by Crippen LogP contribution is -2.11. The fourth-order valence-corrected chi connectivity index (χ4v) is 2.77. The molecule has 2 aromatic carbocycles. The maximum atomic E-state index is 4.52. The molecule has 118 valence electrons. The molecule has 1 atom stereocenters. The molecule has 1 N–H and O–H groups in total. The first-order chi connectivity index (χ1) is 11.8. The molecule has 0 spiro atoms.